The van der Waals surface area contributed by atoms with Crippen LogP contribution in [0.3, 0.4) is 0 Å². The number of oxime groups is 1. The minimum Gasteiger partial charge on any atom is -0.411 e. The quantitative estimate of drug-likeness (QED) is 0.302. The maximum absolute atomic E-state index is 9.40. The molecule has 0 saturated heterocycles. The third-order valence-electron chi connectivity index (χ3n) is 3.61. The predicted octanol–water partition coefficient (Wildman–Crippen LogP) is 4.94. The van der Waals surface area contributed by atoms with Crippen molar-refractivity contribution in [3.05, 3.63) is 40.9 Å². The molecule has 0 radical (unpaired) electrons. The van der Waals surface area contributed by atoms with Gasteiger partial charge in [-0.25, -0.2) is 0 Å². The van der Waals surface area contributed by atoms with Gasteiger partial charge in [-0.3, -0.25) is 0 Å². The smallest absolute Gasteiger partial charge is 0.0839 e. The van der Waals surface area contributed by atoms with Crippen molar-refractivity contribution in [2.75, 3.05) is 20.6 Å². The Bertz CT molecular complexity index is 498. The van der Waals surface area contributed by atoms with Gasteiger partial charge in [0.05, 0.1) is 5.71 Å². The zero-order chi connectivity index (χ0) is 16.4. The second kappa shape index (κ2) is 10.4. The van der Waals surface area contributed by atoms with E-state index in [9.17, 15) is 5.21 Å². The second-order valence-corrected chi connectivity index (χ2v) is 6.24. The summed E-state index contributed by atoms with van der Waals surface area (Å²) >= 11 is 6.16. The minimum absolute atomic E-state index is 0.227. The Morgan fingerprint density at radius 1 is 1.32 bits per heavy atom. The number of benzene rings is 1. The van der Waals surface area contributed by atoms with Gasteiger partial charge in [0.2, 0.25) is 0 Å². The van der Waals surface area contributed by atoms with Crippen LogP contribution < -0.4 is 0 Å². The van der Waals surface area contributed by atoms with E-state index in [1.807, 2.05) is 50.5 Å². The van der Waals surface area contributed by atoms with Crippen LogP contribution >= 0.6 is 11.6 Å². The van der Waals surface area contributed by atoms with Crippen LogP contribution in [0.4, 0.5) is 0 Å². The van der Waals surface area contributed by atoms with Crippen LogP contribution in [0.15, 0.2) is 35.5 Å². The van der Waals surface area contributed by atoms with Gasteiger partial charge in [0.15, 0.2) is 0 Å². The average molecular weight is 323 g/mol. The van der Waals surface area contributed by atoms with Crippen molar-refractivity contribution in [1.29, 1.82) is 0 Å². The number of rotatable bonds is 9. The lowest BCUT2D eigenvalue weighted by Gasteiger charge is -2.20. The summed E-state index contributed by atoms with van der Waals surface area (Å²) in [7, 11) is 4.08. The number of halogens is 1. The summed E-state index contributed by atoms with van der Waals surface area (Å²) in [4.78, 5) is 2.13. The SMILES string of the molecule is CCCCC[C@@H](CN(C)C)C(/C=C\c1ccccc1Cl)=N/O. The molecule has 0 aliphatic heterocycles. The van der Waals surface area contributed by atoms with Crippen LogP contribution in [0.5, 0.6) is 0 Å². The summed E-state index contributed by atoms with van der Waals surface area (Å²) in [6.45, 7) is 3.06. The summed E-state index contributed by atoms with van der Waals surface area (Å²) < 4.78 is 0. The van der Waals surface area contributed by atoms with E-state index in [4.69, 9.17) is 11.6 Å². The Balaban J connectivity index is 2.82. The van der Waals surface area contributed by atoms with Crippen LogP contribution in [-0.2, 0) is 0 Å². The Hall–Kier alpha value is -1.32. The first-order valence-corrected chi connectivity index (χ1v) is 8.25. The van der Waals surface area contributed by atoms with Gasteiger partial charge in [0.25, 0.3) is 0 Å². The molecule has 122 valence electrons. The van der Waals surface area contributed by atoms with Gasteiger partial charge < -0.3 is 10.1 Å². The molecule has 0 bridgehead atoms. The molecule has 0 saturated carbocycles. The lowest BCUT2D eigenvalue weighted by atomic mass is 9.94. The first kappa shape index (κ1) is 18.7. The highest BCUT2D eigenvalue weighted by Crippen LogP contribution is 2.19. The molecule has 0 spiro atoms. The zero-order valence-electron chi connectivity index (χ0n) is 13.8. The van der Waals surface area contributed by atoms with Gasteiger partial charge in [0.1, 0.15) is 0 Å². The Kier molecular flexibility index (Phi) is 8.86. The van der Waals surface area contributed by atoms with Gasteiger partial charge >= 0.3 is 0 Å². The zero-order valence-corrected chi connectivity index (χ0v) is 14.6. The minimum atomic E-state index is 0.227. The molecule has 0 unspecified atom stereocenters. The Morgan fingerprint density at radius 3 is 2.64 bits per heavy atom. The van der Waals surface area contributed by atoms with Crippen molar-refractivity contribution < 1.29 is 5.21 Å². The molecular weight excluding hydrogens is 296 g/mol. The largest absolute Gasteiger partial charge is 0.411 e. The van der Waals surface area contributed by atoms with Gasteiger partial charge in [-0.2, -0.15) is 0 Å². The van der Waals surface area contributed by atoms with E-state index < -0.39 is 0 Å². The van der Waals surface area contributed by atoms with Gasteiger partial charge in [0, 0.05) is 17.5 Å². The van der Waals surface area contributed by atoms with Crippen molar-refractivity contribution >= 4 is 23.4 Å². The van der Waals surface area contributed by atoms with E-state index in [-0.39, 0.29) is 5.92 Å². The maximum atomic E-state index is 9.40. The topological polar surface area (TPSA) is 35.8 Å². The molecule has 0 amide bonds. The molecule has 1 aromatic rings. The number of allylic oxidation sites excluding steroid dienone is 1. The van der Waals surface area contributed by atoms with Crippen molar-refractivity contribution in [3.63, 3.8) is 0 Å². The van der Waals surface area contributed by atoms with Crippen molar-refractivity contribution in [2.45, 2.75) is 32.6 Å². The normalized spacial score (nSPS) is 14.0. The summed E-state index contributed by atoms with van der Waals surface area (Å²) in [6, 6.07) is 7.65. The lowest BCUT2D eigenvalue weighted by molar-refractivity contribution is 0.305. The molecule has 3 nitrogen and oxygen atoms in total. The first-order valence-electron chi connectivity index (χ1n) is 7.87. The summed E-state index contributed by atoms with van der Waals surface area (Å²) in [5.74, 6) is 0.227. The fourth-order valence-electron chi connectivity index (χ4n) is 2.45. The summed E-state index contributed by atoms with van der Waals surface area (Å²) in [5.41, 5.74) is 1.65. The second-order valence-electron chi connectivity index (χ2n) is 5.83. The highest BCUT2D eigenvalue weighted by Gasteiger charge is 2.15. The van der Waals surface area contributed by atoms with Crippen LogP contribution in [-0.4, -0.2) is 36.5 Å². The number of nitrogens with zero attached hydrogens (tertiary/aromatic N) is 2. The molecule has 0 fully saturated rings. The van der Waals surface area contributed by atoms with Gasteiger partial charge in [-0.05, 0) is 38.2 Å². The Labute approximate surface area is 139 Å². The molecule has 1 rings (SSSR count). The summed E-state index contributed by atoms with van der Waals surface area (Å²) in [5, 5.41) is 13.6. The molecule has 4 heteroatoms. The van der Waals surface area contributed by atoms with Crippen molar-refractivity contribution in [3.8, 4) is 0 Å². The fourth-order valence-corrected chi connectivity index (χ4v) is 2.65. The molecule has 1 atom stereocenters. The first-order chi connectivity index (χ1) is 10.6. The van der Waals surface area contributed by atoms with Crippen LogP contribution in [0.25, 0.3) is 6.08 Å². The van der Waals surface area contributed by atoms with Crippen molar-refractivity contribution in [2.24, 2.45) is 11.1 Å². The lowest BCUT2D eigenvalue weighted by Crippen LogP contribution is -2.27. The maximum Gasteiger partial charge on any atom is 0.0839 e. The van der Waals surface area contributed by atoms with E-state index >= 15 is 0 Å². The predicted molar refractivity (Wildman–Crippen MR) is 95.9 cm³/mol. The standard InChI is InChI=1S/C18H27ClN2O/c1-4-5-6-10-16(14-21(2)3)18(20-22)13-12-15-9-7-8-11-17(15)19/h7-9,11-13,16,22H,4-6,10,14H2,1-3H3/b13-12-,20-18+/t16-/m0/s1. The molecule has 22 heavy (non-hydrogen) atoms. The van der Waals surface area contributed by atoms with Gasteiger partial charge in [-0.15, -0.1) is 0 Å². The van der Waals surface area contributed by atoms with E-state index in [0.717, 1.165) is 24.9 Å². The molecule has 1 aromatic carbocycles. The number of unbranched alkanes of at least 4 members (excludes halogenated alkanes) is 2. The van der Waals surface area contributed by atoms with Crippen LogP contribution in [0, 0.1) is 5.92 Å². The van der Waals surface area contributed by atoms with Crippen LogP contribution in [0.1, 0.15) is 38.2 Å². The highest BCUT2D eigenvalue weighted by atomic mass is 35.5. The third kappa shape index (κ3) is 6.63. The number of hydrogen-bond acceptors (Lipinski definition) is 3. The van der Waals surface area contributed by atoms with E-state index in [2.05, 4.69) is 17.0 Å². The molecule has 0 heterocycles. The van der Waals surface area contributed by atoms with Gasteiger partial charge in [-0.1, -0.05) is 67.2 Å². The third-order valence-corrected chi connectivity index (χ3v) is 3.96. The van der Waals surface area contributed by atoms with E-state index in [0.29, 0.717) is 10.7 Å². The van der Waals surface area contributed by atoms with E-state index in [1.165, 1.54) is 12.8 Å². The van der Waals surface area contributed by atoms with Crippen molar-refractivity contribution in [1.82, 2.24) is 4.90 Å². The average Bonchev–Trinajstić information content (AvgIpc) is 2.49. The Morgan fingerprint density at radius 2 is 2.05 bits per heavy atom. The van der Waals surface area contributed by atoms with E-state index in [1.54, 1.807) is 0 Å². The monoisotopic (exact) mass is 322 g/mol. The summed E-state index contributed by atoms with van der Waals surface area (Å²) in [6.07, 6.45) is 8.36. The molecule has 0 aliphatic carbocycles. The molecule has 0 aliphatic rings. The highest BCUT2D eigenvalue weighted by molar-refractivity contribution is 6.32. The fraction of sp³-hybridized carbons (Fsp3) is 0.500. The number of hydrogen-bond donors (Lipinski definition) is 1. The molecular formula is C18H27ClN2O. The van der Waals surface area contributed by atoms with Crippen LogP contribution in [0.2, 0.25) is 5.02 Å². The molecule has 1 N–H and O–H groups in total. The molecule has 0 aromatic heterocycles.